The predicted octanol–water partition coefficient (Wildman–Crippen LogP) is 2.13. The summed E-state index contributed by atoms with van der Waals surface area (Å²) >= 11 is 0. The highest BCUT2D eigenvalue weighted by atomic mass is 16.5. The molecule has 4 heteroatoms. The number of carboxylic acids is 1. The molecule has 1 N–H and O–H groups in total. The summed E-state index contributed by atoms with van der Waals surface area (Å²) in [7, 11) is 0. The number of morpholine rings is 1. The zero-order chi connectivity index (χ0) is 13.0. The summed E-state index contributed by atoms with van der Waals surface area (Å²) in [5, 5.41) is 8.99. The number of aliphatic carboxylic acids is 1. The average molecular weight is 255 g/mol. The molecule has 2 rings (SSSR count). The molecule has 1 saturated carbocycles. The Bertz CT molecular complexity index is 276. The zero-order valence-corrected chi connectivity index (χ0v) is 11.3. The van der Waals surface area contributed by atoms with Gasteiger partial charge in [-0.05, 0) is 25.7 Å². The van der Waals surface area contributed by atoms with Crippen LogP contribution in [0.5, 0.6) is 0 Å². The van der Waals surface area contributed by atoms with Crippen molar-refractivity contribution in [2.75, 3.05) is 19.8 Å². The second-order valence-electron chi connectivity index (χ2n) is 5.70. The molecule has 1 aliphatic carbocycles. The smallest absolute Gasteiger partial charge is 0.305 e. The summed E-state index contributed by atoms with van der Waals surface area (Å²) in [4.78, 5) is 13.3. The lowest BCUT2D eigenvalue weighted by Crippen LogP contribution is -2.53. The minimum absolute atomic E-state index is 0.0631. The Balaban J connectivity index is 1.95. The van der Waals surface area contributed by atoms with E-state index < -0.39 is 5.97 Å². The standard InChI is InChI=1S/C14H25NO3/c1-11(12-5-3-2-4-6-12)15-7-8-18-10-13(15)9-14(16)17/h11-13H,2-10H2,1H3,(H,16,17). The van der Waals surface area contributed by atoms with Crippen molar-refractivity contribution in [3.8, 4) is 0 Å². The van der Waals surface area contributed by atoms with Gasteiger partial charge in [0.1, 0.15) is 0 Å². The second-order valence-corrected chi connectivity index (χ2v) is 5.70. The minimum atomic E-state index is -0.716. The van der Waals surface area contributed by atoms with E-state index in [1.165, 1.54) is 32.1 Å². The Labute approximate surface area is 109 Å². The largest absolute Gasteiger partial charge is 0.481 e. The molecule has 0 amide bonds. The van der Waals surface area contributed by atoms with E-state index in [0.717, 1.165) is 19.1 Å². The van der Waals surface area contributed by atoms with Gasteiger partial charge in [0, 0.05) is 18.6 Å². The Morgan fingerprint density at radius 2 is 2.11 bits per heavy atom. The van der Waals surface area contributed by atoms with Crippen LogP contribution < -0.4 is 0 Å². The molecule has 0 aromatic heterocycles. The third-order valence-corrected chi connectivity index (χ3v) is 4.54. The van der Waals surface area contributed by atoms with Crippen molar-refractivity contribution in [1.82, 2.24) is 4.90 Å². The molecule has 2 atom stereocenters. The predicted molar refractivity (Wildman–Crippen MR) is 69.6 cm³/mol. The third-order valence-electron chi connectivity index (χ3n) is 4.54. The fraction of sp³-hybridized carbons (Fsp3) is 0.929. The lowest BCUT2D eigenvalue weighted by atomic mass is 9.83. The van der Waals surface area contributed by atoms with Gasteiger partial charge in [0.15, 0.2) is 0 Å². The highest BCUT2D eigenvalue weighted by molar-refractivity contribution is 5.67. The van der Waals surface area contributed by atoms with Crippen LogP contribution in [0.4, 0.5) is 0 Å². The summed E-state index contributed by atoms with van der Waals surface area (Å²) < 4.78 is 5.45. The van der Waals surface area contributed by atoms with Gasteiger partial charge in [-0.2, -0.15) is 0 Å². The second kappa shape index (κ2) is 6.53. The highest BCUT2D eigenvalue weighted by Gasteiger charge is 2.33. The first-order valence-corrected chi connectivity index (χ1v) is 7.23. The molecule has 1 aliphatic heterocycles. The molecule has 18 heavy (non-hydrogen) atoms. The Hall–Kier alpha value is -0.610. The summed E-state index contributed by atoms with van der Waals surface area (Å²) in [6.45, 7) is 4.47. The van der Waals surface area contributed by atoms with E-state index in [-0.39, 0.29) is 12.5 Å². The number of hydrogen-bond acceptors (Lipinski definition) is 3. The fourth-order valence-electron chi connectivity index (χ4n) is 3.47. The van der Waals surface area contributed by atoms with Crippen LogP contribution in [0.3, 0.4) is 0 Å². The number of nitrogens with zero attached hydrogens (tertiary/aromatic N) is 1. The number of carbonyl (C=O) groups is 1. The van der Waals surface area contributed by atoms with Gasteiger partial charge in [0.05, 0.1) is 19.6 Å². The maximum absolute atomic E-state index is 10.9. The molecule has 2 fully saturated rings. The molecule has 0 bridgehead atoms. The Morgan fingerprint density at radius 1 is 1.39 bits per heavy atom. The third kappa shape index (κ3) is 3.45. The molecule has 104 valence electrons. The first-order chi connectivity index (χ1) is 8.68. The molecule has 4 nitrogen and oxygen atoms in total. The van der Waals surface area contributed by atoms with E-state index >= 15 is 0 Å². The van der Waals surface area contributed by atoms with Gasteiger partial charge in [-0.1, -0.05) is 19.3 Å². The van der Waals surface area contributed by atoms with E-state index in [1.54, 1.807) is 0 Å². The maximum Gasteiger partial charge on any atom is 0.305 e. The molecule has 0 aromatic rings. The zero-order valence-electron chi connectivity index (χ0n) is 11.3. The van der Waals surface area contributed by atoms with Crippen molar-refractivity contribution < 1.29 is 14.6 Å². The van der Waals surface area contributed by atoms with Gasteiger partial charge in [-0.25, -0.2) is 0 Å². The molecule has 2 aliphatic rings. The van der Waals surface area contributed by atoms with E-state index in [0.29, 0.717) is 12.6 Å². The summed E-state index contributed by atoms with van der Waals surface area (Å²) in [5.74, 6) is 0.0273. The number of hydrogen-bond donors (Lipinski definition) is 1. The SMILES string of the molecule is CC(C1CCCCC1)N1CCOCC1CC(=O)O. The van der Waals surface area contributed by atoms with Gasteiger partial charge in [-0.15, -0.1) is 0 Å². The van der Waals surface area contributed by atoms with Crippen LogP contribution in [0, 0.1) is 5.92 Å². The molecule has 0 aromatic carbocycles. The van der Waals surface area contributed by atoms with Crippen LogP contribution in [0.2, 0.25) is 0 Å². The van der Waals surface area contributed by atoms with Crippen LogP contribution in [0.1, 0.15) is 45.4 Å². The van der Waals surface area contributed by atoms with Crippen molar-refractivity contribution in [1.29, 1.82) is 0 Å². The van der Waals surface area contributed by atoms with Crippen LogP contribution >= 0.6 is 0 Å². The molecule has 1 saturated heterocycles. The fourth-order valence-corrected chi connectivity index (χ4v) is 3.47. The highest BCUT2D eigenvalue weighted by Crippen LogP contribution is 2.30. The molecular formula is C14H25NO3. The van der Waals surface area contributed by atoms with Crippen LogP contribution in [-0.4, -0.2) is 47.8 Å². The first-order valence-electron chi connectivity index (χ1n) is 7.23. The number of ether oxygens (including phenoxy) is 1. The Morgan fingerprint density at radius 3 is 2.78 bits per heavy atom. The normalized spacial score (nSPS) is 29.1. The lowest BCUT2D eigenvalue weighted by molar-refractivity contribution is -0.141. The van der Waals surface area contributed by atoms with Gasteiger partial charge in [0.2, 0.25) is 0 Å². The van der Waals surface area contributed by atoms with E-state index in [4.69, 9.17) is 9.84 Å². The molecule has 0 spiro atoms. The minimum Gasteiger partial charge on any atom is -0.481 e. The van der Waals surface area contributed by atoms with Gasteiger partial charge in [-0.3, -0.25) is 9.69 Å². The van der Waals surface area contributed by atoms with Gasteiger partial charge in [0.25, 0.3) is 0 Å². The first kappa shape index (κ1) is 13.8. The van der Waals surface area contributed by atoms with Gasteiger partial charge < -0.3 is 9.84 Å². The van der Waals surface area contributed by atoms with Crippen molar-refractivity contribution in [3.63, 3.8) is 0 Å². The van der Waals surface area contributed by atoms with Crippen LogP contribution in [0.25, 0.3) is 0 Å². The molecular weight excluding hydrogens is 230 g/mol. The topological polar surface area (TPSA) is 49.8 Å². The Kier molecular flexibility index (Phi) is 5.01. The maximum atomic E-state index is 10.9. The van der Waals surface area contributed by atoms with Crippen molar-refractivity contribution >= 4 is 5.97 Å². The molecule has 1 heterocycles. The van der Waals surface area contributed by atoms with Crippen LogP contribution in [0.15, 0.2) is 0 Å². The number of carboxylic acid groups (broad SMARTS) is 1. The summed E-state index contributed by atoms with van der Waals surface area (Å²) in [6.07, 6.45) is 6.85. The number of rotatable bonds is 4. The van der Waals surface area contributed by atoms with E-state index in [1.807, 2.05) is 0 Å². The van der Waals surface area contributed by atoms with E-state index in [2.05, 4.69) is 11.8 Å². The molecule has 2 unspecified atom stereocenters. The van der Waals surface area contributed by atoms with Crippen molar-refractivity contribution in [2.45, 2.75) is 57.5 Å². The van der Waals surface area contributed by atoms with Gasteiger partial charge >= 0.3 is 5.97 Å². The summed E-state index contributed by atoms with van der Waals surface area (Å²) in [6, 6.07) is 0.562. The monoisotopic (exact) mass is 255 g/mol. The quantitative estimate of drug-likeness (QED) is 0.836. The van der Waals surface area contributed by atoms with Crippen molar-refractivity contribution in [2.24, 2.45) is 5.92 Å². The molecule has 0 radical (unpaired) electrons. The van der Waals surface area contributed by atoms with Crippen LogP contribution in [-0.2, 0) is 9.53 Å². The van der Waals surface area contributed by atoms with Crippen molar-refractivity contribution in [3.05, 3.63) is 0 Å². The van der Waals surface area contributed by atoms with E-state index in [9.17, 15) is 4.79 Å². The lowest BCUT2D eigenvalue weighted by Gasteiger charge is -2.43. The summed E-state index contributed by atoms with van der Waals surface area (Å²) in [5.41, 5.74) is 0. The average Bonchev–Trinajstić information content (AvgIpc) is 2.39.